The van der Waals surface area contributed by atoms with E-state index in [4.69, 9.17) is 0 Å². The van der Waals surface area contributed by atoms with Crippen molar-refractivity contribution in [2.45, 2.75) is 10.6 Å². The minimum atomic E-state index is -4.21. The molecule has 0 amide bonds. The Labute approximate surface area is 94.3 Å². The third-order valence-corrected chi connectivity index (χ3v) is 4.56. The van der Waals surface area contributed by atoms with Crippen LogP contribution in [0.2, 0.25) is 0 Å². The maximum absolute atomic E-state index is 12.2. The van der Waals surface area contributed by atoms with Crippen LogP contribution in [0.15, 0.2) is 24.3 Å². The van der Waals surface area contributed by atoms with Crippen LogP contribution < -0.4 is 17.2 Å². The molecule has 0 aliphatic carbocycles. The van der Waals surface area contributed by atoms with E-state index in [1.807, 2.05) is 0 Å². The van der Waals surface area contributed by atoms with E-state index in [1.165, 1.54) is 12.1 Å². The van der Waals surface area contributed by atoms with Crippen LogP contribution in [0.3, 0.4) is 0 Å². The first kappa shape index (κ1) is 11.5. The zero-order valence-electron chi connectivity index (χ0n) is 6.41. The van der Waals surface area contributed by atoms with E-state index in [0.29, 0.717) is 0 Å². The summed E-state index contributed by atoms with van der Waals surface area (Å²) in [5, 5.41) is 0. The van der Waals surface area contributed by atoms with Gasteiger partial charge >= 0.3 is 95.0 Å². The molecule has 0 spiro atoms. The van der Waals surface area contributed by atoms with E-state index < -0.39 is 11.7 Å². The first-order valence-electron chi connectivity index (χ1n) is 3.40. The SMILES string of the molecule is FC(F)(F)c1cccc(C[I-]I)c1. The molecule has 0 aliphatic heterocycles. The molecule has 0 atom stereocenters. The fourth-order valence-corrected chi connectivity index (χ4v) is 3.93. The molecular formula is C8H6F3I2-. The zero-order chi connectivity index (χ0) is 9.90. The van der Waals surface area contributed by atoms with Crippen molar-refractivity contribution in [3.8, 4) is 0 Å². The summed E-state index contributed by atoms with van der Waals surface area (Å²) < 4.78 is 37.4. The van der Waals surface area contributed by atoms with Gasteiger partial charge in [0, 0.05) is 0 Å². The van der Waals surface area contributed by atoms with Crippen molar-refractivity contribution in [1.82, 2.24) is 0 Å². The molecule has 0 radical (unpaired) electrons. The van der Waals surface area contributed by atoms with E-state index in [0.717, 1.165) is 16.1 Å². The Balaban J connectivity index is 2.92. The fraction of sp³-hybridized carbons (Fsp3) is 0.250. The molecule has 0 bridgehead atoms. The quantitative estimate of drug-likeness (QED) is 0.494. The van der Waals surface area contributed by atoms with Crippen molar-refractivity contribution < 1.29 is 30.4 Å². The first-order valence-corrected chi connectivity index (χ1v) is 11.2. The van der Waals surface area contributed by atoms with E-state index in [-0.39, 0.29) is 17.2 Å². The van der Waals surface area contributed by atoms with Crippen LogP contribution in [0, 0.1) is 0 Å². The van der Waals surface area contributed by atoms with Gasteiger partial charge in [-0.1, -0.05) is 0 Å². The molecule has 1 aromatic carbocycles. The second-order valence-corrected chi connectivity index (χ2v) is 7.64. The predicted octanol–water partition coefficient (Wildman–Crippen LogP) is 0.644. The van der Waals surface area contributed by atoms with Crippen LogP contribution in [0.25, 0.3) is 0 Å². The van der Waals surface area contributed by atoms with E-state index in [1.54, 1.807) is 6.07 Å². The normalized spacial score (nSPS) is 12.0. The fourth-order valence-electron chi connectivity index (χ4n) is 0.889. The number of hydrogen-bond donors (Lipinski definition) is 0. The van der Waals surface area contributed by atoms with Crippen LogP contribution in [0.4, 0.5) is 13.2 Å². The summed E-state index contributed by atoms with van der Waals surface area (Å²) in [6, 6.07) is 5.55. The molecule has 5 heteroatoms. The van der Waals surface area contributed by atoms with Crippen LogP contribution in [0.5, 0.6) is 0 Å². The standard InChI is InChI=1S/C8H6F3I2/c9-8(10,11)7-3-1-2-6(4-7)5-13-12/h1-4H,5H2/q-1. The average molecular weight is 413 g/mol. The molecule has 1 aromatic rings. The van der Waals surface area contributed by atoms with Crippen molar-refractivity contribution in [3.05, 3.63) is 35.4 Å². The first-order chi connectivity index (χ1) is 6.04. The summed E-state index contributed by atoms with van der Waals surface area (Å²) in [5.74, 6) is 0. The van der Waals surface area contributed by atoms with Gasteiger partial charge in [0.05, 0.1) is 0 Å². The van der Waals surface area contributed by atoms with Crippen molar-refractivity contribution in [2.75, 3.05) is 0 Å². The second kappa shape index (κ2) is 4.81. The molecule has 0 saturated heterocycles. The second-order valence-electron chi connectivity index (χ2n) is 2.43. The van der Waals surface area contributed by atoms with Gasteiger partial charge < -0.3 is 0 Å². The topological polar surface area (TPSA) is 0 Å². The van der Waals surface area contributed by atoms with Gasteiger partial charge in [-0.2, -0.15) is 0 Å². The molecule has 0 aromatic heterocycles. The number of hydrogen-bond acceptors (Lipinski definition) is 0. The zero-order valence-corrected chi connectivity index (χ0v) is 10.7. The number of benzene rings is 1. The summed E-state index contributed by atoms with van der Waals surface area (Å²) in [7, 11) is 0. The van der Waals surface area contributed by atoms with Gasteiger partial charge in [0.2, 0.25) is 0 Å². The van der Waals surface area contributed by atoms with Crippen LogP contribution in [-0.2, 0) is 10.6 Å². The van der Waals surface area contributed by atoms with Gasteiger partial charge in [-0.25, -0.2) is 0 Å². The summed E-state index contributed by atoms with van der Waals surface area (Å²) in [5.41, 5.74) is 0.246. The van der Waals surface area contributed by atoms with E-state index in [2.05, 4.69) is 18.6 Å². The third kappa shape index (κ3) is 3.61. The average Bonchev–Trinajstić information content (AvgIpc) is 2.04. The van der Waals surface area contributed by atoms with Gasteiger partial charge in [-0.3, -0.25) is 0 Å². The molecule has 74 valence electrons. The predicted molar refractivity (Wildman–Crippen MR) is 49.2 cm³/mol. The molecular weight excluding hydrogens is 407 g/mol. The summed E-state index contributed by atoms with van der Waals surface area (Å²) in [4.78, 5) is 0. The van der Waals surface area contributed by atoms with Crippen molar-refractivity contribution in [3.63, 3.8) is 0 Å². The Bertz CT molecular complexity index is 283. The molecule has 0 nitrogen and oxygen atoms in total. The molecule has 13 heavy (non-hydrogen) atoms. The van der Waals surface area contributed by atoms with Crippen LogP contribution in [-0.4, -0.2) is 0 Å². The minimum absolute atomic E-state index is 0.0181. The molecule has 0 fully saturated rings. The van der Waals surface area contributed by atoms with Crippen LogP contribution >= 0.6 is 18.6 Å². The Morgan fingerprint density at radius 2 is 2.00 bits per heavy atom. The summed E-state index contributed by atoms with van der Waals surface area (Å²) >= 11 is 2.23. The molecule has 0 aliphatic rings. The molecule has 0 unspecified atom stereocenters. The van der Waals surface area contributed by atoms with Gasteiger partial charge in [0.25, 0.3) is 0 Å². The summed E-state index contributed by atoms with van der Waals surface area (Å²) in [6.07, 6.45) is -4.21. The Morgan fingerprint density at radius 3 is 2.54 bits per heavy atom. The Hall–Kier alpha value is 0.470. The van der Waals surface area contributed by atoms with Gasteiger partial charge in [-0.15, -0.1) is 0 Å². The monoisotopic (exact) mass is 413 g/mol. The Kier molecular flexibility index (Phi) is 4.27. The molecule has 1 rings (SSSR count). The molecule has 0 saturated carbocycles. The third-order valence-electron chi connectivity index (χ3n) is 1.46. The van der Waals surface area contributed by atoms with Crippen molar-refractivity contribution in [1.29, 1.82) is 0 Å². The van der Waals surface area contributed by atoms with Crippen LogP contribution in [0.1, 0.15) is 11.1 Å². The van der Waals surface area contributed by atoms with E-state index >= 15 is 0 Å². The van der Waals surface area contributed by atoms with Gasteiger partial charge in [0.1, 0.15) is 0 Å². The Morgan fingerprint density at radius 1 is 1.31 bits per heavy atom. The summed E-state index contributed by atoms with van der Waals surface area (Å²) in [6.45, 7) is 0. The van der Waals surface area contributed by atoms with Gasteiger partial charge in [-0.05, 0) is 0 Å². The van der Waals surface area contributed by atoms with Crippen molar-refractivity contribution in [2.24, 2.45) is 0 Å². The molecule has 0 N–H and O–H groups in total. The van der Waals surface area contributed by atoms with E-state index in [9.17, 15) is 13.2 Å². The van der Waals surface area contributed by atoms with Crippen molar-refractivity contribution >= 4 is 18.6 Å². The number of halogens is 5. The number of rotatable bonds is 2. The molecule has 0 heterocycles. The van der Waals surface area contributed by atoms with Gasteiger partial charge in [0.15, 0.2) is 0 Å². The number of alkyl halides is 4. The maximum atomic E-state index is 12.2.